The molecule has 1 rings (SSSR count). The van der Waals surface area contributed by atoms with E-state index in [1.165, 1.54) is 0 Å². The maximum Gasteiger partial charge on any atom is 0.251 e. The van der Waals surface area contributed by atoms with Crippen LogP contribution in [0.2, 0.25) is 0 Å². The highest BCUT2D eigenvalue weighted by atomic mass is 79.9. The molecule has 0 radical (unpaired) electrons. The molecule has 0 fully saturated rings. The Labute approximate surface area is 123 Å². The van der Waals surface area contributed by atoms with Crippen LogP contribution in [0.15, 0.2) is 22.7 Å². The number of methoxy groups -OCH3 is 1. The topological polar surface area (TPSA) is 38.3 Å². The van der Waals surface area contributed by atoms with Crippen LogP contribution in [0.5, 0.6) is 5.75 Å². The third kappa shape index (κ3) is 4.23. The van der Waals surface area contributed by atoms with Crippen molar-refractivity contribution in [1.29, 1.82) is 0 Å². The normalized spacial score (nSPS) is 12.3. The van der Waals surface area contributed by atoms with Crippen LogP contribution >= 0.6 is 15.9 Å². The smallest absolute Gasteiger partial charge is 0.251 e. The molecule has 1 aromatic carbocycles. The second-order valence-corrected chi connectivity index (χ2v) is 5.54. The summed E-state index contributed by atoms with van der Waals surface area (Å²) in [5.41, 5.74) is 0.644. The summed E-state index contributed by atoms with van der Waals surface area (Å²) in [4.78, 5) is 12.2. The Morgan fingerprint density at radius 3 is 2.47 bits per heavy atom. The van der Waals surface area contributed by atoms with Gasteiger partial charge in [-0.15, -0.1) is 0 Å². The van der Waals surface area contributed by atoms with E-state index >= 15 is 0 Å². The monoisotopic (exact) mass is 327 g/mol. The molecular weight excluding hydrogens is 306 g/mol. The molecule has 1 unspecified atom stereocenters. The molecule has 1 atom stereocenters. The van der Waals surface area contributed by atoms with Crippen LogP contribution in [0.1, 0.15) is 44.0 Å². The number of benzene rings is 1. The van der Waals surface area contributed by atoms with E-state index < -0.39 is 0 Å². The summed E-state index contributed by atoms with van der Waals surface area (Å²) in [7, 11) is 1.61. The first-order chi connectivity index (χ1) is 9.03. The molecule has 0 saturated heterocycles. The van der Waals surface area contributed by atoms with Crippen LogP contribution in [0, 0.1) is 5.92 Å². The Morgan fingerprint density at radius 2 is 2.00 bits per heavy atom. The van der Waals surface area contributed by atoms with Crippen LogP contribution in [-0.4, -0.2) is 19.1 Å². The van der Waals surface area contributed by atoms with Crippen molar-refractivity contribution in [2.24, 2.45) is 5.92 Å². The fourth-order valence-electron chi connectivity index (χ4n) is 2.21. The minimum Gasteiger partial charge on any atom is -0.496 e. The predicted molar refractivity (Wildman–Crippen MR) is 81.7 cm³/mol. The first kappa shape index (κ1) is 16.0. The number of hydrogen-bond acceptors (Lipinski definition) is 2. The van der Waals surface area contributed by atoms with Crippen molar-refractivity contribution < 1.29 is 9.53 Å². The van der Waals surface area contributed by atoms with E-state index in [2.05, 4.69) is 42.0 Å². The van der Waals surface area contributed by atoms with Gasteiger partial charge in [0.25, 0.3) is 5.91 Å². The maximum atomic E-state index is 12.2. The molecule has 19 heavy (non-hydrogen) atoms. The van der Waals surface area contributed by atoms with E-state index in [4.69, 9.17) is 4.74 Å². The lowest BCUT2D eigenvalue weighted by Gasteiger charge is -2.22. The van der Waals surface area contributed by atoms with Gasteiger partial charge in [-0.25, -0.2) is 0 Å². The van der Waals surface area contributed by atoms with Crippen molar-refractivity contribution in [2.75, 3.05) is 7.11 Å². The van der Waals surface area contributed by atoms with E-state index in [0.29, 0.717) is 11.5 Å². The molecule has 3 nitrogen and oxygen atoms in total. The van der Waals surface area contributed by atoms with E-state index in [0.717, 1.165) is 23.1 Å². The Hall–Kier alpha value is -1.03. The SMILES string of the molecule is CCC(CC)C(C)NC(=O)c1ccc(OC)c(Br)c1. The summed E-state index contributed by atoms with van der Waals surface area (Å²) in [5.74, 6) is 1.21. The summed E-state index contributed by atoms with van der Waals surface area (Å²) in [6.45, 7) is 6.37. The van der Waals surface area contributed by atoms with Crippen LogP contribution in [0.4, 0.5) is 0 Å². The Morgan fingerprint density at radius 1 is 1.37 bits per heavy atom. The van der Waals surface area contributed by atoms with Crippen molar-refractivity contribution in [1.82, 2.24) is 5.32 Å². The van der Waals surface area contributed by atoms with Gasteiger partial charge in [-0.1, -0.05) is 26.7 Å². The molecule has 0 spiro atoms. The molecule has 4 heteroatoms. The van der Waals surface area contributed by atoms with Crippen molar-refractivity contribution >= 4 is 21.8 Å². The van der Waals surface area contributed by atoms with Gasteiger partial charge in [-0.05, 0) is 47.0 Å². The highest BCUT2D eigenvalue weighted by Crippen LogP contribution is 2.25. The van der Waals surface area contributed by atoms with E-state index in [1.807, 2.05) is 0 Å². The van der Waals surface area contributed by atoms with Gasteiger partial charge in [0.15, 0.2) is 0 Å². The highest BCUT2D eigenvalue weighted by molar-refractivity contribution is 9.10. The third-order valence-electron chi connectivity index (χ3n) is 3.53. The molecule has 106 valence electrons. The van der Waals surface area contributed by atoms with Crippen molar-refractivity contribution in [3.8, 4) is 5.75 Å². The molecule has 0 bridgehead atoms. The largest absolute Gasteiger partial charge is 0.496 e. The van der Waals surface area contributed by atoms with Crippen LogP contribution in [0.25, 0.3) is 0 Å². The number of amides is 1. The summed E-state index contributed by atoms with van der Waals surface area (Å²) in [6.07, 6.45) is 2.15. The molecule has 0 aliphatic carbocycles. The maximum absolute atomic E-state index is 12.2. The van der Waals surface area contributed by atoms with Gasteiger partial charge < -0.3 is 10.1 Å². The summed E-state index contributed by atoms with van der Waals surface area (Å²) < 4.78 is 5.94. The number of carbonyl (C=O) groups excluding carboxylic acids is 1. The lowest BCUT2D eigenvalue weighted by molar-refractivity contribution is 0.0925. The molecule has 1 N–H and O–H groups in total. The Bertz CT molecular complexity index is 430. The zero-order valence-corrected chi connectivity index (χ0v) is 13.6. The summed E-state index contributed by atoms with van der Waals surface area (Å²) in [5, 5.41) is 3.06. The minimum absolute atomic E-state index is 0.0391. The van der Waals surface area contributed by atoms with Crippen molar-refractivity contribution in [3.63, 3.8) is 0 Å². The van der Waals surface area contributed by atoms with E-state index in [1.54, 1.807) is 25.3 Å². The lowest BCUT2D eigenvalue weighted by Crippen LogP contribution is -2.37. The molecular formula is C15H22BrNO2. The number of ether oxygens (including phenoxy) is 1. The highest BCUT2D eigenvalue weighted by Gasteiger charge is 2.17. The standard InChI is InChI=1S/C15H22BrNO2/c1-5-11(6-2)10(3)17-15(18)12-7-8-14(19-4)13(16)9-12/h7-11H,5-6H2,1-4H3,(H,17,18). The Balaban J connectivity index is 2.75. The fraction of sp³-hybridized carbons (Fsp3) is 0.533. The van der Waals surface area contributed by atoms with Crippen LogP contribution in [0.3, 0.4) is 0 Å². The molecule has 0 aliphatic heterocycles. The lowest BCUT2D eigenvalue weighted by atomic mass is 9.95. The minimum atomic E-state index is -0.0391. The van der Waals surface area contributed by atoms with Gasteiger partial charge in [-0.2, -0.15) is 0 Å². The molecule has 1 aromatic rings. The van der Waals surface area contributed by atoms with Gasteiger partial charge >= 0.3 is 0 Å². The summed E-state index contributed by atoms with van der Waals surface area (Å²) in [6, 6.07) is 5.54. The molecule has 1 amide bonds. The second kappa shape index (κ2) is 7.53. The zero-order valence-electron chi connectivity index (χ0n) is 12.0. The van der Waals surface area contributed by atoms with Gasteiger partial charge in [0.05, 0.1) is 11.6 Å². The molecule has 0 aromatic heterocycles. The van der Waals surface area contributed by atoms with Crippen molar-refractivity contribution in [3.05, 3.63) is 28.2 Å². The number of carbonyl (C=O) groups is 1. The average Bonchev–Trinajstić information content (AvgIpc) is 2.39. The van der Waals surface area contributed by atoms with Gasteiger partial charge in [0, 0.05) is 11.6 Å². The molecule has 0 aliphatic rings. The second-order valence-electron chi connectivity index (χ2n) is 4.69. The van der Waals surface area contributed by atoms with Crippen molar-refractivity contribution in [2.45, 2.75) is 39.7 Å². The molecule has 0 heterocycles. The van der Waals surface area contributed by atoms with Gasteiger partial charge in [0.2, 0.25) is 0 Å². The number of nitrogens with one attached hydrogen (secondary N) is 1. The summed E-state index contributed by atoms with van der Waals surface area (Å²) >= 11 is 3.39. The van der Waals surface area contributed by atoms with Gasteiger partial charge in [0.1, 0.15) is 5.75 Å². The zero-order chi connectivity index (χ0) is 14.4. The van der Waals surface area contributed by atoms with Gasteiger partial charge in [-0.3, -0.25) is 4.79 Å². The first-order valence-electron chi connectivity index (χ1n) is 6.67. The fourth-order valence-corrected chi connectivity index (χ4v) is 2.75. The van der Waals surface area contributed by atoms with Crippen LogP contribution < -0.4 is 10.1 Å². The average molecular weight is 328 g/mol. The van der Waals surface area contributed by atoms with Crippen LogP contribution in [-0.2, 0) is 0 Å². The number of halogens is 1. The third-order valence-corrected chi connectivity index (χ3v) is 4.15. The first-order valence-corrected chi connectivity index (χ1v) is 7.47. The predicted octanol–water partition coefficient (Wildman–Crippen LogP) is 4.01. The number of rotatable bonds is 6. The quantitative estimate of drug-likeness (QED) is 0.857. The van der Waals surface area contributed by atoms with E-state index in [9.17, 15) is 4.79 Å². The Kier molecular flexibility index (Phi) is 6.35. The van der Waals surface area contributed by atoms with E-state index in [-0.39, 0.29) is 11.9 Å². The molecule has 0 saturated carbocycles. The number of hydrogen-bond donors (Lipinski definition) is 1.